The highest BCUT2D eigenvalue weighted by Gasteiger charge is 2.21. The zero-order valence-corrected chi connectivity index (χ0v) is 13.2. The van der Waals surface area contributed by atoms with Crippen molar-refractivity contribution in [2.45, 2.75) is 59.6 Å². The van der Waals surface area contributed by atoms with Gasteiger partial charge in [-0.05, 0) is 34.1 Å². The Morgan fingerprint density at radius 2 is 1.79 bits per heavy atom. The topological polar surface area (TPSA) is 58.6 Å². The third-order valence-electron chi connectivity index (χ3n) is 2.98. The Kier molecular flexibility index (Phi) is 6.87. The number of carbonyl (C=O) groups excluding carboxylic acids is 2. The van der Waals surface area contributed by atoms with Gasteiger partial charge in [-0.25, -0.2) is 4.79 Å². The van der Waals surface area contributed by atoms with Gasteiger partial charge < -0.3 is 15.0 Å². The molecule has 5 heteroatoms. The van der Waals surface area contributed by atoms with Gasteiger partial charge in [0.05, 0.1) is 0 Å². The predicted molar refractivity (Wildman–Crippen MR) is 75.9 cm³/mol. The molecule has 112 valence electrons. The van der Waals surface area contributed by atoms with E-state index >= 15 is 0 Å². The summed E-state index contributed by atoms with van der Waals surface area (Å²) >= 11 is 0. The van der Waals surface area contributed by atoms with Gasteiger partial charge in [-0.2, -0.15) is 0 Å². The lowest BCUT2D eigenvalue weighted by atomic mass is 10.1. The van der Waals surface area contributed by atoms with Crippen LogP contribution in [0.25, 0.3) is 0 Å². The van der Waals surface area contributed by atoms with Crippen molar-refractivity contribution in [3.8, 4) is 0 Å². The molecule has 0 aliphatic heterocycles. The number of amides is 2. The van der Waals surface area contributed by atoms with Gasteiger partial charge in [0.15, 0.2) is 0 Å². The largest absolute Gasteiger partial charge is 0.444 e. The molecule has 0 bridgehead atoms. The fourth-order valence-electron chi connectivity index (χ4n) is 1.42. The number of nitrogens with one attached hydrogen (secondary N) is 1. The van der Waals surface area contributed by atoms with E-state index in [1.807, 2.05) is 41.5 Å². The lowest BCUT2D eigenvalue weighted by Gasteiger charge is -2.28. The first kappa shape index (κ1) is 17.7. The third-order valence-corrected chi connectivity index (χ3v) is 2.98. The Hall–Kier alpha value is -1.26. The maximum absolute atomic E-state index is 12.0. The first-order chi connectivity index (χ1) is 8.58. The summed E-state index contributed by atoms with van der Waals surface area (Å²) in [5.41, 5.74) is -0.508. The summed E-state index contributed by atoms with van der Waals surface area (Å²) in [6, 6.07) is -0.0611. The molecule has 0 spiro atoms. The van der Waals surface area contributed by atoms with Crippen LogP contribution in [0.5, 0.6) is 0 Å². The van der Waals surface area contributed by atoms with Crippen molar-refractivity contribution in [2.75, 3.05) is 13.6 Å². The Morgan fingerprint density at radius 1 is 1.26 bits per heavy atom. The molecular formula is C14H28N2O3. The summed E-state index contributed by atoms with van der Waals surface area (Å²) < 4.78 is 5.14. The Bertz CT molecular complexity index is 310. The molecule has 0 rings (SSSR count). The van der Waals surface area contributed by atoms with E-state index in [9.17, 15) is 9.59 Å². The van der Waals surface area contributed by atoms with Crippen molar-refractivity contribution in [1.29, 1.82) is 0 Å². The van der Waals surface area contributed by atoms with Crippen LogP contribution < -0.4 is 5.32 Å². The van der Waals surface area contributed by atoms with E-state index in [1.54, 1.807) is 11.9 Å². The molecule has 0 fully saturated rings. The molecule has 0 saturated heterocycles. The molecule has 0 aliphatic carbocycles. The Labute approximate surface area is 116 Å². The minimum atomic E-state index is -0.508. The van der Waals surface area contributed by atoms with Gasteiger partial charge in [-0.1, -0.05) is 13.8 Å². The molecule has 0 aromatic carbocycles. The van der Waals surface area contributed by atoms with E-state index in [4.69, 9.17) is 4.74 Å². The summed E-state index contributed by atoms with van der Waals surface area (Å²) in [4.78, 5) is 25.2. The van der Waals surface area contributed by atoms with Gasteiger partial charge in [0.1, 0.15) is 5.60 Å². The minimum absolute atomic E-state index is 0.00831. The van der Waals surface area contributed by atoms with Crippen molar-refractivity contribution < 1.29 is 14.3 Å². The van der Waals surface area contributed by atoms with E-state index < -0.39 is 11.7 Å². The van der Waals surface area contributed by atoms with Gasteiger partial charge in [0, 0.05) is 25.6 Å². The maximum Gasteiger partial charge on any atom is 0.407 e. The average molecular weight is 272 g/mol. The summed E-state index contributed by atoms with van der Waals surface area (Å²) in [5, 5.41) is 2.68. The number of rotatable bonds is 5. The highest BCUT2D eigenvalue weighted by atomic mass is 16.6. The van der Waals surface area contributed by atoms with Crippen LogP contribution in [0, 0.1) is 5.92 Å². The Balaban J connectivity index is 4.21. The smallest absolute Gasteiger partial charge is 0.407 e. The zero-order valence-electron chi connectivity index (χ0n) is 13.2. The van der Waals surface area contributed by atoms with Crippen molar-refractivity contribution in [3.63, 3.8) is 0 Å². The summed E-state index contributed by atoms with van der Waals surface area (Å²) in [6.45, 7) is 11.6. The van der Waals surface area contributed by atoms with Crippen molar-refractivity contribution >= 4 is 12.0 Å². The van der Waals surface area contributed by atoms with Crippen LogP contribution in [0.4, 0.5) is 4.79 Å². The summed E-state index contributed by atoms with van der Waals surface area (Å²) in [6.07, 6.45) is 0.360. The molecule has 0 saturated carbocycles. The molecule has 0 radical (unpaired) electrons. The van der Waals surface area contributed by atoms with E-state index in [0.717, 1.165) is 6.42 Å². The highest BCUT2D eigenvalue weighted by Crippen LogP contribution is 2.09. The number of nitrogens with zero attached hydrogens (tertiary/aromatic N) is 1. The van der Waals surface area contributed by atoms with Crippen molar-refractivity contribution in [1.82, 2.24) is 10.2 Å². The second-order valence-electron chi connectivity index (χ2n) is 5.99. The first-order valence-corrected chi connectivity index (χ1v) is 6.82. The predicted octanol–water partition coefficient (Wildman–Crippen LogP) is 2.40. The highest BCUT2D eigenvalue weighted by molar-refractivity contribution is 5.78. The molecule has 2 atom stereocenters. The van der Waals surface area contributed by atoms with Crippen LogP contribution in [0.1, 0.15) is 48.0 Å². The normalized spacial score (nSPS) is 14.5. The molecule has 1 N–H and O–H groups in total. The van der Waals surface area contributed by atoms with Crippen LogP contribution >= 0.6 is 0 Å². The SMILES string of the molecule is CC[C@H](C)C(=O)N(C)[C@H](C)CNC(=O)OC(C)(C)C. The van der Waals surface area contributed by atoms with E-state index in [-0.39, 0.29) is 17.9 Å². The zero-order chi connectivity index (χ0) is 15.2. The Morgan fingerprint density at radius 3 is 2.21 bits per heavy atom. The molecule has 0 aromatic rings. The lowest BCUT2D eigenvalue weighted by molar-refractivity contribution is -0.135. The number of alkyl carbamates (subject to hydrolysis) is 1. The number of carbonyl (C=O) groups is 2. The van der Waals surface area contributed by atoms with E-state index in [2.05, 4.69) is 5.32 Å². The quantitative estimate of drug-likeness (QED) is 0.836. The third kappa shape index (κ3) is 7.03. The number of likely N-dealkylation sites (N-methyl/N-ethyl adjacent to an activating group) is 1. The molecule has 0 aliphatic rings. The van der Waals surface area contributed by atoms with E-state index in [1.165, 1.54) is 0 Å². The molecular weight excluding hydrogens is 244 g/mol. The van der Waals surface area contributed by atoms with Gasteiger partial charge >= 0.3 is 6.09 Å². The minimum Gasteiger partial charge on any atom is -0.444 e. The second-order valence-corrected chi connectivity index (χ2v) is 5.99. The maximum atomic E-state index is 12.0. The fourth-order valence-corrected chi connectivity index (χ4v) is 1.42. The van der Waals surface area contributed by atoms with Gasteiger partial charge in [0.2, 0.25) is 5.91 Å². The van der Waals surface area contributed by atoms with Gasteiger partial charge in [-0.3, -0.25) is 4.79 Å². The number of ether oxygens (including phenoxy) is 1. The first-order valence-electron chi connectivity index (χ1n) is 6.82. The molecule has 0 heterocycles. The monoisotopic (exact) mass is 272 g/mol. The fraction of sp³-hybridized carbons (Fsp3) is 0.857. The standard InChI is InChI=1S/C14H28N2O3/c1-8-10(2)12(17)16(7)11(3)9-15-13(18)19-14(4,5)6/h10-11H,8-9H2,1-7H3,(H,15,18)/t10-,11+/m0/s1. The van der Waals surface area contributed by atoms with Crippen LogP contribution in [0.3, 0.4) is 0 Å². The van der Waals surface area contributed by atoms with Crippen LogP contribution in [0.2, 0.25) is 0 Å². The lowest BCUT2D eigenvalue weighted by Crippen LogP contribution is -2.45. The number of hydrogen-bond acceptors (Lipinski definition) is 3. The number of hydrogen-bond donors (Lipinski definition) is 1. The molecule has 0 unspecified atom stereocenters. The van der Waals surface area contributed by atoms with Crippen LogP contribution in [0.15, 0.2) is 0 Å². The van der Waals surface area contributed by atoms with Crippen LogP contribution in [-0.4, -0.2) is 42.1 Å². The van der Waals surface area contributed by atoms with Gasteiger partial charge in [0.25, 0.3) is 0 Å². The summed E-state index contributed by atoms with van der Waals surface area (Å²) in [5.74, 6) is 0.106. The van der Waals surface area contributed by atoms with E-state index in [0.29, 0.717) is 6.54 Å². The average Bonchev–Trinajstić information content (AvgIpc) is 2.30. The molecule has 5 nitrogen and oxygen atoms in total. The van der Waals surface area contributed by atoms with Gasteiger partial charge in [-0.15, -0.1) is 0 Å². The van der Waals surface area contributed by atoms with Crippen LogP contribution in [-0.2, 0) is 9.53 Å². The summed E-state index contributed by atoms with van der Waals surface area (Å²) in [7, 11) is 1.76. The molecule has 2 amide bonds. The van der Waals surface area contributed by atoms with Crippen molar-refractivity contribution in [3.05, 3.63) is 0 Å². The molecule has 19 heavy (non-hydrogen) atoms. The van der Waals surface area contributed by atoms with Crippen molar-refractivity contribution in [2.24, 2.45) is 5.92 Å². The molecule has 0 aromatic heterocycles. The second kappa shape index (κ2) is 7.36.